The molecule has 138 valence electrons. The Balaban J connectivity index is 1.84. The van der Waals surface area contributed by atoms with Crippen LogP contribution in [-0.4, -0.2) is 84.4 Å². The molecule has 0 aromatic rings. The Bertz CT molecular complexity index is 454. The van der Waals surface area contributed by atoms with Gasteiger partial charge in [-0.2, -0.15) is 0 Å². The van der Waals surface area contributed by atoms with Crippen LogP contribution >= 0.6 is 0 Å². The van der Waals surface area contributed by atoms with Gasteiger partial charge >= 0.3 is 0 Å². The van der Waals surface area contributed by atoms with Gasteiger partial charge in [0.15, 0.2) is 0 Å². The summed E-state index contributed by atoms with van der Waals surface area (Å²) in [5.41, 5.74) is 0. The average molecular weight is 338 g/mol. The summed E-state index contributed by atoms with van der Waals surface area (Å²) in [6.45, 7) is 14.3. The van der Waals surface area contributed by atoms with Crippen LogP contribution in [-0.2, 0) is 9.59 Å². The molecular weight excluding hydrogens is 304 g/mol. The van der Waals surface area contributed by atoms with E-state index in [9.17, 15) is 9.59 Å². The molecule has 2 fully saturated rings. The van der Waals surface area contributed by atoms with Gasteiger partial charge in [-0.3, -0.25) is 14.5 Å². The zero-order valence-corrected chi connectivity index (χ0v) is 16.1. The first kappa shape index (κ1) is 19.2. The molecule has 1 unspecified atom stereocenters. The van der Waals surface area contributed by atoms with E-state index in [1.54, 1.807) is 0 Å². The fourth-order valence-electron chi connectivity index (χ4n) is 3.36. The third kappa shape index (κ3) is 4.48. The molecule has 24 heavy (non-hydrogen) atoms. The summed E-state index contributed by atoms with van der Waals surface area (Å²) in [7, 11) is 2.06. The van der Waals surface area contributed by atoms with E-state index in [1.165, 1.54) is 0 Å². The Morgan fingerprint density at radius 1 is 1.08 bits per heavy atom. The summed E-state index contributed by atoms with van der Waals surface area (Å²) >= 11 is 0. The smallest absolute Gasteiger partial charge is 0.225 e. The maximum Gasteiger partial charge on any atom is 0.225 e. The third-order valence-corrected chi connectivity index (χ3v) is 5.17. The molecule has 6 nitrogen and oxygen atoms in total. The highest BCUT2D eigenvalue weighted by atomic mass is 16.2. The van der Waals surface area contributed by atoms with Crippen molar-refractivity contribution in [2.75, 3.05) is 39.8 Å². The van der Waals surface area contributed by atoms with Gasteiger partial charge in [-0.1, -0.05) is 20.8 Å². The lowest BCUT2D eigenvalue weighted by molar-refractivity contribution is -0.142. The molecule has 2 saturated heterocycles. The summed E-state index contributed by atoms with van der Waals surface area (Å²) in [5.74, 6) is 0.0177. The predicted octanol–water partition coefficient (Wildman–Crippen LogP) is 0.630. The number of hydrogen-bond donors (Lipinski definition) is 1. The number of likely N-dealkylation sites (N-methyl/N-ethyl adjacent to an activating group) is 1. The highest BCUT2D eigenvalue weighted by molar-refractivity contribution is 5.82. The molecule has 0 spiro atoms. The lowest BCUT2D eigenvalue weighted by atomic mass is 10.0. The van der Waals surface area contributed by atoms with Gasteiger partial charge in [0.25, 0.3) is 0 Å². The Kier molecular flexibility index (Phi) is 6.26. The summed E-state index contributed by atoms with van der Waals surface area (Å²) in [5, 5.41) is 3.13. The van der Waals surface area contributed by atoms with Crippen LogP contribution in [0.15, 0.2) is 0 Å². The van der Waals surface area contributed by atoms with Gasteiger partial charge in [-0.15, -0.1) is 0 Å². The van der Waals surface area contributed by atoms with Crippen molar-refractivity contribution < 1.29 is 9.59 Å². The molecule has 0 bridgehead atoms. The highest BCUT2D eigenvalue weighted by Gasteiger charge is 2.36. The maximum absolute atomic E-state index is 12.5. The second kappa shape index (κ2) is 7.83. The van der Waals surface area contributed by atoms with Crippen molar-refractivity contribution in [1.82, 2.24) is 20.0 Å². The van der Waals surface area contributed by atoms with Crippen LogP contribution in [0.4, 0.5) is 0 Å². The first-order valence-electron chi connectivity index (χ1n) is 9.22. The molecule has 6 heteroatoms. The second-order valence-corrected chi connectivity index (χ2v) is 8.17. The minimum atomic E-state index is -0.174. The van der Waals surface area contributed by atoms with E-state index in [2.05, 4.69) is 36.0 Å². The number of rotatable bonds is 7. The molecular formula is C18H34N4O2. The summed E-state index contributed by atoms with van der Waals surface area (Å²) in [6.07, 6.45) is 0. The Morgan fingerprint density at radius 2 is 1.67 bits per heavy atom. The molecule has 0 aliphatic carbocycles. The zero-order valence-electron chi connectivity index (χ0n) is 16.1. The summed E-state index contributed by atoms with van der Waals surface area (Å²) in [6, 6.07) is 1.04. The number of carbonyl (C=O) groups excluding carboxylic acids is 2. The minimum absolute atomic E-state index is 0.0302. The highest BCUT2D eigenvalue weighted by Crippen LogP contribution is 2.18. The topological polar surface area (TPSA) is 55.9 Å². The SMILES string of the molecule is CC(C)C(=O)N(CC(C)C(=O)NC1CN(C(C)C)C1)C1CN(C)C1. The van der Waals surface area contributed by atoms with E-state index in [1.807, 2.05) is 25.7 Å². The predicted molar refractivity (Wildman–Crippen MR) is 95.6 cm³/mol. The largest absolute Gasteiger partial charge is 0.350 e. The van der Waals surface area contributed by atoms with Crippen molar-refractivity contribution in [2.24, 2.45) is 11.8 Å². The first-order chi connectivity index (χ1) is 11.2. The Morgan fingerprint density at radius 3 is 2.12 bits per heavy atom. The lowest BCUT2D eigenvalue weighted by Crippen LogP contribution is -2.63. The van der Waals surface area contributed by atoms with E-state index in [-0.39, 0.29) is 35.7 Å². The monoisotopic (exact) mass is 338 g/mol. The normalized spacial score (nSPS) is 21.5. The second-order valence-electron chi connectivity index (χ2n) is 8.17. The van der Waals surface area contributed by atoms with Crippen LogP contribution in [0.3, 0.4) is 0 Å². The standard InChI is InChI=1S/C18H34N4O2/c1-12(2)18(24)22(16-10-20(6)11-16)7-14(5)17(23)19-15-8-21(9-15)13(3)4/h12-16H,7-11H2,1-6H3,(H,19,23). The summed E-state index contributed by atoms with van der Waals surface area (Å²) in [4.78, 5) is 31.5. The van der Waals surface area contributed by atoms with Crippen molar-refractivity contribution in [3.8, 4) is 0 Å². The molecule has 0 radical (unpaired) electrons. The van der Waals surface area contributed by atoms with Crippen LogP contribution < -0.4 is 5.32 Å². The van der Waals surface area contributed by atoms with Crippen molar-refractivity contribution in [1.29, 1.82) is 0 Å². The van der Waals surface area contributed by atoms with Gasteiger partial charge in [0.2, 0.25) is 11.8 Å². The molecule has 1 N–H and O–H groups in total. The fourth-order valence-corrected chi connectivity index (χ4v) is 3.36. The van der Waals surface area contributed by atoms with Gasteiger partial charge in [0.05, 0.1) is 18.0 Å². The van der Waals surface area contributed by atoms with Gasteiger partial charge in [-0.25, -0.2) is 0 Å². The summed E-state index contributed by atoms with van der Waals surface area (Å²) < 4.78 is 0. The van der Waals surface area contributed by atoms with Crippen LogP contribution in [0.5, 0.6) is 0 Å². The molecule has 0 saturated carbocycles. The molecule has 2 rings (SSSR count). The van der Waals surface area contributed by atoms with Crippen LogP contribution in [0.2, 0.25) is 0 Å². The van der Waals surface area contributed by atoms with Crippen LogP contribution in [0, 0.1) is 11.8 Å². The molecule has 2 aliphatic heterocycles. The van der Waals surface area contributed by atoms with Gasteiger partial charge in [0.1, 0.15) is 0 Å². The molecule has 2 heterocycles. The first-order valence-corrected chi connectivity index (χ1v) is 9.22. The number of carbonyl (C=O) groups is 2. The third-order valence-electron chi connectivity index (χ3n) is 5.17. The average Bonchev–Trinajstić information content (AvgIpc) is 2.43. The quantitative estimate of drug-likeness (QED) is 0.740. The van der Waals surface area contributed by atoms with E-state index in [0.717, 1.165) is 26.2 Å². The van der Waals surface area contributed by atoms with Crippen LogP contribution in [0.25, 0.3) is 0 Å². The van der Waals surface area contributed by atoms with Gasteiger partial charge in [0, 0.05) is 44.7 Å². The number of likely N-dealkylation sites (tertiary alicyclic amines) is 2. The van der Waals surface area contributed by atoms with Crippen molar-refractivity contribution in [2.45, 2.75) is 52.7 Å². The van der Waals surface area contributed by atoms with Crippen LogP contribution in [0.1, 0.15) is 34.6 Å². The van der Waals surface area contributed by atoms with Crippen molar-refractivity contribution in [3.63, 3.8) is 0 Å². The Labute approximate surface area is 146 Å². The van der Waals surface area contributed by atoms with E-state index >= 15 is 0 Å². The van der Waals surface area contributed by atoms with E-state index in [4.69, 9.17) is 0 Å². The van der Waals surface area contributed by atoms with E-state index in [0.29, 0.717) is 12.6 Å². The van der Waals surface area contributed by atoms with Crippen molar-refractivity contribution in [3.05, 3.63) is 0 Å². The molecule has 2 amide bonds. The number of hydrogen-bond acceptors (Lipinski definition) is 4. The molecule has 1 atom stereocenters. The fraction of sp³-hybridized carbons (Fsp3) is 0.889. The minimum Gasteiger partial charge on any atom is -0.350 e. The number of amides is 2. The molecule has 0 aromatic heterocycles. The lowest BCUT2D eigenvalue weighted by Gasteiger charge is -2.45. The Hall–Kier alpha value is -1.14. The maximum atomic E-state index is 12.5. The molecule has 2 aliphatic rings. The van der Waals surface area contributed by atoms with Crippen molar-refractivity contribution >= 4 is 11.8 Å². The number of nitrogens with one attached hydrogen (secondary N) is 1. The molecule has 0 aromatic carbocycles. The zero-order chi connectivity index (χ0) is 18.0. The van der Waals surface area contributed by atoms with Gasteiger partial charge in [-0.05, 0) is 20.9 Å². The van der Waals surface area contributed by atoms with Gasteiger partial charge < -0.3 is 15.1 Å². The number of nitrogens with zero attached hydrogens (tertiary/aromatic N) is 3. The van der Waals surface area contributed by atoms with E-state index < -0.39 is 0 Å².